The zero-order valence-electron chi connectivity index (χ0n) is 18.1. The Hall–Kier alpha value is -3.35. The molecule has 32 heavy (non-hydrogen) atoms. The van der Waals surface area contributed by atoms with E-state index in [1.54, 1.807) is 6.07 Å². The summed E-state index contributed by atoms with van der Waals surface area (Å²) in [6, 6.07) is 14.9. The van der Waals surface area contributed by atoms with Crippen molar-refractivity contribution in [1.82, 2.24) is 14.5 Å². The van der Waals surface area contributed by atoms with Gasteiger partial charge < -0.3 is 19.3 Å². The number of pyridine rings is 1. The van der Waals surface area contributed by atoms with Gasteiger partial charge in [0.25, 0.3) is 0 Å². The van der Waals surface area contributed by atoms with Gasteiger partial charge in [0.15, 0.2) is 5.82 Å². The lowest BCUT2D eigenvalue weighted by Crippen LogP contribution is -2.52. The SMILES string of the molecule is O=C(C1CCN(c2ncccc2-n2cccc2)CC1)N1CCN(c2ccccc2F)CC1. The summed E-state index contributed by atoms with van der Waals surface area (Å²) in [5.41, 5.74) is 1.69. The molecule has 166 valence electrons. The maximum atomic E-state index is 14.1. The standard InChI is InChI=1S/C25H28FN5O/c26-21-6-1-2-7-22(21)29-16-18-31(19-17-29)25(32)20-9-14-30(15-10-20)24-23(8-5-11-27-24)28-12-3-4-13-28/h1-8,11-13,20H,9-10,14-19H2. The van der Waals surface area contributed by atoms with Gasteiger partial charge in [0.05, 0.1) is 11.4 Å². The Morgan fingerprint density at radius 2 is 1.50 bits per heavy atom. The van der Waals surface area contributed by atoms with Crippen LogP contribution in [0.15, 0.2) is 67.1 Å². The number of carbonyl (C=O) groups excluding carboxylic acids is 1. The number of benzene rings is 1. The molecule has 0 atom stereocenters. The quantitative estimate of drug-likeness (QED) is 0.631. The van der Waals surface area contributed by atoms with Gasteiger partial charge in [0, 0.05) is 63.8 Å². The predicted molar refractivity (Wildman–Crippen MR) is 124 cm³/mol. The van der Waals surface area contributed by atoms with E-state index in [0.29, 0.717) is 31.9 Å². The molecule has 0 N–H and O–H groups in total. The van der Waals surface area contributed by atoms with E-state index in [1.165, 1.54) is 6.07 Å². The van der Waals surface area contributed by atoms with Crippen LogP contribution >= 0.6 is 0 Å². The molecule has 0 aliphatic carbocycles. The third-order valence-electron chi connectivity index (χ3n) is 6.58. The van der Waals surface area contributed by atoms with Gasteiger partial charge in [0.1, 0.15) is 5.82 Å². The summed E-state index contributed by atoms with van der Waals surface area (Å²) in [5, 5.41) is 0. The minimum atomic E-state index is -0.201. The van der Waals surface area contributed by atoms with Crippen LogP contribution in [0.4, 0.5) is 15.9 Å². The van der Waals surface area contributed by atoms with E-state index < -0.39 is 0 Å². The summed E-state index contributed by atoms with van der Waals surface area (Å²) in [7, 11) is 0. The number of halogens is 1. The number of nitrogens with zero attached hydrogens (tertiary/aromatic N) is 5. The summed E-state index contributed by atoms with van der Waals surface area (Å²) in [4.78, 5) is 24.1. The first-order valence-electron chi connectivity index (χ1n) is 11.3. The van der Waals surface area contributed by atoms with Gasteiger partial charge >= 0.3 is 0 Å². The van der Waals surface area contributed by atoms with Gasteiger partial charge in [-0.1, -0.05) is 12.1 Å². The fourth-order valence-corrected chi connectivity index (χ4v) is 4.80. The summed E-state index contributed by atoms with van der Waals surface area (Å²) in [6.45, 7) is 4.25. The number of carbonyl (C=O) groups is 1. The van der Waals surface area contributed by atoms with Crippen LogP contribution < -0.4 is 9.80 Å². The number of amides is 1. The number of hydrogen-bond donors (Lipinski definition) is 0. The first-order valence-corrected chi connectivity index (χ1v) is 11.3. The van der Waals surface area contributed by atoms with Gasteiger partial charge in [-0.05, 0) is 49.2 Å². The van der Waals surface area contributed by atoms with Crippen LogP contribution in [0.2, 0.25) is 0 Å². The van der Waals surface area contributed by atoms with Gasteiger partial charge in [-0.25, -0.2) is 9.37 Å². The Morgan fingerprint density at radius 1 is 0.812 bits per heavy atom. The molecule has 1 amide bonds. The molecule has 1 aromatic carbocycles. The Kier molecular flexibility index (Phi) is 5.79. The maximum Gasteiger partial charge on any atom is 0.225 e. The number of para-hydroxylation sites is 1. The number of hydrogen-bond acceptors (Lipinski definition) is 4. The summed E-state index contributed by atoms with van der Waals surface area (Å²) < 4.78 is 16.2. The lowest BCUT2D eigenvalue weighted by atomic mass is 9.94. The van der Waals surface area contributed by atoms with Crippen molar-refractivity contribution in [1.29, 1.82) is 0 Å². The molecule has 2 aromatic heterocycles. The molecule has 5 rings (SSSR count). The molecule has 6 nitrogen and oxygen atoms in total. The average Bonchev–Trinajstić information content (AvgIpc) is 3.39. The smallest absolute Gasteiger partial charge is 0.225 e. The molecule has 0 spiro atoms. The lowest BCUT2D eigenvalue weighted by Gasteiger charge is -2.39. The molecule has 0 unspecified atom stereocenters. The molecule has 2 saturated heterocycles. The highest BCUT2D eigenvalue weighted by molar-refractivity contribution is 5.79. The Balaban J connectivity index is 1.18. The molecule has 0 bridgehead atoms. The molecule has 2 fully saturated rings. The highest BCUT2D eigenvalue weighted by Gasteiger charge is 2.31. The van der Waals surface area contributed by atoms with E-state index in [-0.39, 0.29) is 17.6 Å². The third kappa shape index (κ3) is 4.07. The van der Waals surface area contributed by atoms with Crippen LogP contribution in [-0.4, -0.2) is 59.6 Å². The molecule has 0 radical (unpaired) electrons. The Labute approximate surface area is 187 Å². The summed E-state index contributed by atoms with van der Waals surface area (Å²) >= 11 is 0. The average molecular weight is 434 g/mol. The van der Waals surface area contributed by atoms with E-state index in [0.717, 1.165) is 37.4 Å². The largest absolute Gasteiger partial charge is 0.366 e. The van der Waals surface area contributed by atoms with Crippen molar-refractivity contribution < 1.29 is 9.18 Å². The third-order valence-corrected chi connectivity index (χ3v) is 6.58. The number of rotatable bonds is 4. The number of piperidine rings is 1. The second kappa shape index (κ2) is 9.02. The molecular formula is C25H28FN5O. The van der Waals surface area contributed by atoms with Crippen molar-refractivity contribution in [2.24, 2.45) is 5.92 Å². The van der Waals surface area contributed by atoms with Gasteiger partial charge in [-0.2, -0.15) is 0 Å². The minimum Gasteiger partial charge on any atom is -0.366 e. The van der Waals surface area contributed by atoms with Crippen molar-refractivity contribution in [3.8, 4) is 5.69 Å². The first-order chi connectivity index (χ1) is 15.7. The summed E-state index contributed by atoms with van der Waals surface area (Å²) in [6.07, 6.45) is 7.53. The van der Waals surface area contributed by atoms with Crippen molar-refractivity contribution in [3.05, 3.63) is 72.9 Å². The van der Waals surface area contributed by atoms with Crippen LogP contribution in [-0.2, 0) is 4.79 Å². The lowest BCUT2D eigenvalue weighted by molar-refractivity contribution is -0.136. The van der Waals surface area contributed by atoms with E-state index in [1.807, 2.05) is 58.7 Å². The molecule has 4 heterocycles. The number of piperazine rings is 1. The molecule has 3 aromatic rings. The molecular weight excluding hydrogens is 405 g/mol. The number of aromatic nitrogens is 2. The zero-order valence-corrected chi connectivity index (χ0v) is 18.1. The topological polar surface area (TPSA) is 44.6 Å². The highest BCUT2D eigenvalue weighted by Crippen LogP contribution is 2.28. The normalized spacial score (nSPS) is 17.6. The second-order valence-electron chi connectivity index (χ2n) is 8.46. The van der Waals surface area contributed by atoms with Crippen LogP contribution in [0.1, 0.15) is 12.8 Å². The molecule has 2 aliphatic rings. The van der Waals surface area contributed by atoms with E-state index in [4.69, 9.17) is 0 Å². The fraction of sp³-hybridized carbons (Fsp3) is 0.360. The highest BCUT2D eigenvalue weighted by atomic mass is 19.1. The molecule has 7 heteroatoms. The van der Waals surface area contributed by atoms with Crippen LogP contribution in [0.25, 0.3) is 5.69 Å². The van der Waals surface area contributed by atoms with Crippen molar-refractivity contribution in [2.45, 2.75) is 12.8 Å². The minimum absolute atomic E-state index is 0.0463. The molecule has 0 saturated carbocycles. The first kappa shape index (κ1) is 20.5. The Morgan fingerprint density at radius 3 is 2.22 bits per heavy atom. The van der Waals surface area contributed by atoms with Crippen LogP contribution in [0.5, 0.6) is 0 Å². The zero-order chi connectivity index (χ0) is 21.9. The monoisotopic (exact) mass is 433 g/mol. The second-order valence-corrected chi connectivity index (χ2v) is 8.46. The van der Waals surface area contributed by atoms with Crippen molar-refractivity contribution in [2.75, 3.05) is 49.1 Å². The van der Waals surface area contributed by atoms with Gasteiger partial charge in [-0.15, -0.1) is 0 Å². The van der Waals surface area contributed by atoms with Crippen LogP contribution in [0, 0.1) is 11.7 Å². The van der Waals surface area contributed by atoms with E-state index in [9.17, 15) is 9.18 Å². The van der Waals surface area contributed by atoms with Crippen molar-refractivity contribution >= 4 is 17.4 Å². The number of anilines is 2. The maximum absolute atomic E-state index is 14.1. The Bertz CT molecular complexity index is 1050. The fourth-order valence-electron chi connectivity index (χ4n) is 4.80. The van der Waals surface area contributed by atoms with Gasteiger partial charge in [-0.3, -0.25) is 4.79 Å². The van der Waals surface area contributed by atoms with Crippen LogP contribution in [0.3, 0.4) is 0 Å². The van der Waals surface area contributed by atoms with E-state index in [2.05, 4.69) is 20.5 Å². The molecule has 2 aliphatic heterocycles. The van der Waals surface area contributed by atoms with Gasteiger partial charge in [0.2, 0.25) is 5.91 Å². The van der Waals surface area contributed by atoms with E-state index >= 15 is 0 Å². The predicted octanol–water partition coefficient (Wildman–Crippen LogP) is 3.58. The van der Waals surface area contributed by atoms with Crippen molar-refractivity contribution in [3.63, 3.8) is 0 Å². The summed E-state index contributed by atoms with van der Waals surface area (Å²) in [5.74, 6) is 1.05.